The number of carboxylic acid groups (broad SMARTS) is 1. The van der Waals surface area contributed by atoms with Gasteiger partial charge in [0.2, 0.25) is 16.7 Å². The number of hydrogen-bond donors (Lipinski definition) is 13. The zero-order valence-electron chi connectivity index (χ0n) is 24.7. The number of nitrogens with one attached hydrogen (secondary N) is 2. The maximum absolute atomic E-state index is 12.5. The van der Waals surface area contributed by atoms with Gasteiger partial charge in [0.25, 0.3) is 0 Å². The average molecular weight is 691 g/mol. The molecule has 0 unspecified atom stereocenters. The van der Waals surface area contributed by atoms with Crippen molar-refractivity contribution in [3.05, 3.63) is 0 Å². The van der Waals surface area contributed by atoms with E-state index in [1.807, 2.05) is 0 Å². The summed E-state index contributed by atoms with van der Waals surface area (Å²) in [4.78, 5) is 33.4. The first-order valence-electron chi connectivity index (χ1n) is 14.2. The summed E-state index contributed by atoms with van der Waals surface area (Å²) in [5.41, 5.74) is 0. The Balaban J connectivity index is 1.83. The summed E-state index contributed by atoms with van der Waals surface area (Å²) in [5.74, 6) is -3.01. The van der Waals surface area contributed by atoms with Crippen molar-refractivity contribution in [3.8, 4) is 0 Å². The fraction of sp³-hybridized carbons (Fsp3) is 0.880. The van der Waals surface area contributed by atoms with E-state index in [0.29, 0.717) is 11.8 Å². The third-order valence-corrected chi connectivity index (χ3v) is 9.55. The molecule has 2 amide bonds. The molecule has 266 valence electrons. The van der Waals surface area contributed by atoms with Gasteiger partial charge in [0.05, 0.1) is 43.3 Å². The topological polar surface area (TPSA) is 335 Å². The van der Waals surface area contributed by atoms with Gasteiger partial charge in [-0.15, -0.1) is 11.8 Å². The summed E-state index contributed by atoms with van der Waals surface area (Å²) in [6.45, 7) is -0.455. The van der Waals surface area contributed by atoms with Crippen LogP contribution in [-0.4, -0.2) is 190 Å². The third-order valence-electron chi connectivity index (χ3n) is 7.87. The Morgan fingerprint density at radius 1 is 0.891 bits per heavy atom. The van der Waals surface area contributed by atoms with Crippen LogP contribution in [0.5, 0.6) is 0 Å². The van der Waals surface area contributed by atoms with Gasteiger partial charge in [-0.05, 0) is 0 Å². The smallest absolute Gasteiger partial charge is 0.346 e. The summed E-state index contributed by atoms with van der Waals surface area (Å²) in [6, 6.07) is -2.76. The highest BCUT2D eigenvalue weighted by atomic mass is 32.2. The van der Waals surface area contributed by atoms with Crippen LogP contribution in [-0.2, 0) is 33.3 Å². The predicted molar refractivity (Wildman–Crippen MR) is 148 cm³/mol. The minimum Gasteiger partial charge on any atom is -0.478 e. The molecule has 21 heteroatoms. The predicted octanol–water partition coefficient (Wildman–Crippen LogP) is -7.36. The number of aliphatic carboxylic acids is 1. The van der Waals surface area contributed by atoms with Crippen molar-refractivity contribution in [1.29, 1.82) is 0 Å². The number of thioether (sulfide) groups is 1. The van der Waals surface area contributed by atoms with Gasteiger partial charge in [-0.3, -0.25) is 9.59 Å². The largest absolute Gasteiger partial charge is 0.478 e. The third kappa shape index (κ3) is 8.43. The molecule has 0 aromatic heterocycles. The van der Waals surface area contributed by atoms with E-state index in [2.05, 4.69) is 10.6 Å². The minimum absolute atomic E-state index is 0.388. The van der Waals surface area contributed by atoms with E-state index in [9.17, 15) is 70.6 Å². The monoisotopic (exact) mass is 690 g/mol. The number of carbonyl (C=O) groups excluding carboxylic acids is 2. The molecule has 3 rings (SSSR count). The lowest BCUT2D eigenvalue weighted by Gasteiger charge is -2.48. The number of ether oxygens (including phenoxy) is 4. The van der Waals surface area contributed by atoms with Gasteiger partial charge in [0.15, 0.2) is 12.6 Å². The van der Waals surface area contributed by atoms with Crippen LogP contribution in [0, 0.1) is 0 Å². The van der Waals surface area contributed by atoms with Gasteiger partial charge in [-0.25, -0.2) is 4.79 Å². The van der Waals surface area contributed by atoms with E-state index >= 15 is 0 Å². The molecule has 3 heterocycles. The Bertz CT molecular complexity index is 1060. The molecule has 3 aliphatic heterocycles. The molecule has 0 aromatic carbocycles. The second-order valence-electron chi connectivity index (χ2n) is 11.3. The summed E-state index contributed by atoms with van der Waals surface area (Å²) in [6.07, 6.45) is -22.2. The second-order valence-corrected chi connectivity index (χ2v) is 12.7. The van der Waals surface area contributed by atoms with Crippen molar-refractivity contribution in [3.63, 3.8) is 0 Å². The molecule has 0 aromatic rings. The Hall–Kier alpha value is -1.80. The van der Waals surface area contributed by atoms with Crippen LogP contribution in [0.25, 0.3) is 0 Å². The number of aliphatic hydroxyl groups excluding tert-OH is 10. The molecular weight excluding hydrogens is 648 g/mol. The molecule has 0 radical (unpaired) electrons. The lowest BCUT2D eigenvalue weighted by molar-refractivity contribution is -0.347. The average Bonchev–Trinajstić information content (AvgIpc) is 2.99. The minimum atomic E-state index is -2.42. The molecule has 0 aliphatic carbocycles. The number of aliphatic hydroxyl groups is 10. The molecule has 16 atom stereocenters. The molecule has 0 spiro atoms. The quantitative estimate of drug-likeness (QED) is 0.0904. The molecule has 0 bridgehead atoms. The second kappa shape index (κ2) is 16.1. The number of rotatable bonds is 12. The van der Waals surface area contributed by atoms with Crippen LogP contribution >= 0.6 is 11.8 Å². The van der Waals surface area contributed by atoms with Crippen LogP contribution in [0.2, 0.25) is 0 Å². The molecule has 3 fully saturated rings. The molecule has 3 saturated heterocycles. The summed E-state index contributed by atoms with van der Waals surface area (Å²) in [5, 5.41) is 117. The number of amides is 2. The van der Waals surface area contributed by atoms with Crippen molar-refractivity contribution >= 4 is 29.5 Å². The van der Waals surface area contributed by atoms with Crippen LogP contribution in [0.1, 0.15) is 20.3 Å². The van der Waals surface area contributed by atoms with Gasteiger partial charge in [-0.1, -0.05) is 0 Å². The van der Waals surface area contributed by atoms with Crippen molar-refractivity contribution < 1.29 is 89.5 Å². The highest BCUT2D eigenvalue weighted by Gasteiger charge is 2.57. The number of carbonyl (C=O) groups is 3. The fourth-order valence-electron chi connectivity index (χ4n) is 5.46. The van der Waals surface area contributed by atoms with Gasteiger partial charge < -0.3 is 85.8 Å². The zero-order valence-corrected chi connectivity index (χ0v) is 25.5. The number of hydrogen-bond acceptors (Lipinski definition) is 18. The lowest BCUT2D eigenvalue weighted by atomic mass is 9.94. The van der Waals surface area contributed by atoms with Crippen molar-refractivity contribution in [2.75, 3.05) is 19.8 Å². The van der Waals surface area contributed by atoms with E-state index in [0.717, 1.165) is 13.8 Å². The summed E-state index contributed by atoms with van der Waals surface area (Å²) in [7, 11) is 0. The zero-order chi connectivity index (χ0) is 34.7. The molecule has 20 nitrogen and oxygen atoms in total. The molecule has 13 N–H and O–H groups in total. The Morgan fingerprint density at radius 2 is 1.50 bits per heavy atom. The van der Waals surface area contributed by atoms with E-state index in [1.54, 1.807) is 0 Å². The van der Waals surface area contributed by atoms with Gasteiger partial charge >= 0.3 is 5.97 Å². The van der Waals surface area contributed by atoms with Crippen molar-refractivity contribution in [2.45, 2.75) is 116 Å². The highest BCUT2D eigenvalue weighted by Crippen LogP contribution is 2.45. The summed E-state index contributed by atoms with van der Waals surface area (Å²) >= 11 is 0.388. The maximum Gasteiger partial charge on any atom is 0.346 e. The Morgan fingerprint density at radius 3 is 2.04 bits per heavy atom. The van der Waals surface area contributed by atoms with Gasteiger partial charge in [0.1, 0.15) is 54.9 Å². The first kappa shape index (κ1) is 38.6. The normalized spacial score (nSPS) is 42.9. The van der Waals surface area contributed by atoms with Crippen LogP contribution in [0.3, 0.4) is 0 Å². The molecule has 3 aliphatic rings. The van der Waals surface area contributed by atoms with Gasteiger partial charge in [0, 0.05) is 20.3 Å². The van der Waals surface area contributed by atoms with Crippen molar-refractivity contribution in [1.82, 2.24) is 10.6 Å². The van der Waals surface area contributed by atoms with E-state index in [1.165, 1.54) is 0 Å². The van der Waals surface area contributed by atoms with E-state index in [4.69, 9.17) is 18.9 Å². The SMILES string of the molecule is CC(=O)N[C@@H]1[C@@H](O)[C@H](O[C@@H]2O[C@H](CO[C@]3(C(=O)O)C[C@H](O)[C@@H](NC(C)=O)[C@H]([C@H](O)[C@H](O)CO)S3)[C@H](O)[C@H](O)[C@H]2O)[C@@H](CO)O[C@H]1O. The van der Waals surface area contributed by atoms with Crippen LogP contribution < -0.4 is 10.6 Å². The first-order chi connectivity index (χ1) is 21.5. The van der Waals surface area contributed by atoms with Crippen LogP contribution in [0.15, 0.2) is 0 Å². The molecule has 46 heavy (non-hydrogen) atoms. The highest BCUT2D eigenvalue weighted by molar-refractivity contribution is 8.02. The van der Waals surface area contributed by atoms with Crippen LogP contribution in [0.4, 0.5) is 0 Å². The van der Waals surface area contributed by atoms with E-state index < -0.39 is 140 Å². The van der Waals surface area contributed by atoms with Crippen molar-refractivity contribution in [2.24, 2.45) is 0 Å². The maximum atomic E-state index is 12.5. The van der Waals surface area contributed by atoms with Gasteiger partial charge in [-0.2, -0.15) is 0 Å². The Labute approximate surface area is 265 Å². The fourth-order valence-corrected chi connectivity index (χ4v) is 7.12. The standard InChI is InChI=1S/C25H42N2O18S/c1-7(30)26-13-9(32)3-25(24(40)41,46-21(13)15(34)10(33)4-28)42-6-12-16(35)18(37)19(38)23(44-12)45-20-11(5-29)43-22(39)14(17(20)36)27-8(2)31/h9-23,28-29,32-39H,3-6H2,1-2H3,(H,26,30)(H,27,31)(H,40,41)/t9-,10+,11+,12+,13+,14+,15+,16-,17+,18-,19+,20+,21+,22+,23-,25+/m0/s1. The lowest BCUT2D eigenvalue weighted by Crippen LogP contribution is -2.67. The Kier molecular flexibility index (Phi) is 13.5. The number of carboxylic acids is 1. The first-order valence-corrected chi connectivity index (χ1v) is 15.1. The van der Waals surface area contributed by atoms with E-state index in [-0.39, 0.29) is 0 Å². The molecular formula is C25H42N2O18S. The summed E-state index contributed by atoms with van der Waals surface area (Å²) < 4.78 is 22.0. The molecule has 0 saturated carbocycles.